The molecule has 188 valence electrons. The topological polar surface area (TPSA) is 119 Å². The van der Waals surface area contributed by atoms with Crippen molar-refractivity contribution in [2.24, 2.45) is 0 Å². The number of hydrogen-bond acceptors (Lipinski definition) is 12. The molecule has 0 aliphatic carbocycles. The van der Waals surface area contributed by atoms with Gasteiger partial charge in [-0.2, -0.15) is 0 Å². The van der Waals surface area contributed by atoms with Crippen molar-refractivity contribution in [3.05, 3.63) is 0 Å². The Labute approximate surface area is 188 Å². The molecule has 0 amide bonds. The Kier molecular flexibility index (Phi) is 11.2. The van der Waals surface area contributed by atoms with Gasteiger partial charge in [0.25, 0.3) is 0 Å². The van der Waals surface area contributed by atoms with E-state index in [9.17, 15) is 4.79 Å². The Hall–Kier alpha value is -0.930. The van der Waals surface area contributed by atoms with Crippen LogP contribution in [-0.2, 0) is 56.9 Å². The fraction of sp³-hybridized carbons (Fsp3) is 0.950. The van der Waals surface area contributed by atoms with Crippen LogP contribution in [0.25, 0.3) is 0 Å². The molecule has 2 rings (SSSR count). The normalized spacial score (nSPS) is 40.2. The Morgan fingerprint density at radius 1 is 0.625 bits per heavy atom. The lowest BCUT2D eigenvalue weighted by Gasteiger charge is -2.48. The van der Waals surface area contributed by atoms with Gasteiger partial charge in [0, 0.05) is 49.8 Å². The van der Waals surface area contributed by atoms with Gasteiger partial charge < -0.3 is 52.1 Å². The first kappa shape index (κ1) is 27.3. The molecule has 0 bridgehead atoms. The molecule has 32 heavy (non-hydrogen) atoms. The van der Waals surface area contributed by atoms with Crippen LogP contribution in [0.15, 0.2) is 0 Å². The molecule has 2 fully saturated rings. The number of carbonyl (C=O) groups excluding carboxylic acids is 1. The van der Waals surface area contributed by atoms with E-state index in [2.05, 4.69) is 0 Å². The minimum atomic E-state index is -1.18. The quantitative estimate of drug-likeness (QED) is 0.359. The van der Waals surface area contributed by atoms with Crippen LogP contribution in [0.3, 0.4) is 0 Å². The number of methoxy groups -OCH3 is 8. The van der Waals surface area contributed by atoms with Crippen molar-refractivity contribution in [2.45, 2.75) is 61.4 Å². The van der Waals surface area contributed by atoms with Crippen LogP contribution in [0, 0.1) is 0 Å². The first-order valence-corrected chi connectivity index (χ1v) is 10.2. The number of esters is 1. The molecular weight excluding hydrogens is 432 g/mol. The number of ether oxygens (including phenoxy) is 11. The Bertz CT molecular complexity index is 563. The van der Waals surface area contributed by atoms with E-state index in [0.29, 0.717) is 0 Å². The first-order valence-electron chi connectivity index (χ1n) is 10.2. The fourth-order valence-corrected chi connectivity index (χ4v) is 4.21. The second-order valence-corrected chi connectivity index (χ2v) is 7.28. The Balaban J connectivity index is 2.39. The molecule has 2 aliphatic heterocycles. The van der Waals surface area contributed by atoms with Crippen LogP contribution < -0.4 is 0 Å². The highest BCUT2D eigenvalue weighted by atomic mass is 16.8. The number of carbonyl (C=O) groups is 1. The first-order chi connectivity index (χ1) is 15.4. The van der Waals surface area contributed by atoms with Gasteiger partial charge in [0.2, 0.25) is 0 Å². The summed E-state index contributed by atoms with van der Waals surface area (Å²) in [7, 11) is 11.8. The van der Waals surface area contributed by atoms with Gasteiger partial charge in [-0.1, -0.05) is 0 Å². The molecule has 10 atom stereocenters. The van der Waals surface area contributed by atoms with Crippen molar-refractivity contribution in [2.75, 3.05) is 63.5 Å². The van der Waals surface area contributed by atoms with Gasteiger partial charge in [0.1, 0.15) is 42.7 Å². The van der Waals surface area contributed by atoms with E-state index < -0.39 is 67.4 Å². The van der Waals surface area contributed by atoms with Gasteiger partial charge in [0.15, 0.2) is 18.7 Å². The van der Waals surface area contributed by atoms with Crippen LogP contribution in [0.5, 0.6) is 0 Å². The zero-order valence-corrected chi connectivity index (χ0v) is 19.9. The van der Waals surface area contributed by atoms with E-state index >= 15 is 0 Å². The summed E-state index contributed by atoms with van der Waals surface area (Å²) >= 11 is 0. The molecule has 2 aliphatic rings. The maximum Gasteiger partial charge on any atom is 0.337 e. The average molecular weight is 468 g/mol. The summed E-state index contributed by atoms with van der Waals surface area (Å²) in [6.07, 6.45) is -7.73. The molecule has 0 radical (unpaired) electrons. The highest BCUT2D eigenvalue weighted by Gasteiger charge is 2.55. The van der Waals surface area contributed by atoms with Crippen molar-refractivity contribution < 1.29 is 56.9 Å². The molecule has 0 spiro atoms. The van der Waals surface area contributed by atoms with Crippen LogP contribution in [-0.4, -0.2) is 131 Å². The van der Waals surface area contributed by atoms with Crippen molar-refractivity contribution in [1.82, 2.24) is 0 Å². The summed E-state index contributed by atoms with van der Waals surface area (Å²) < 4.78 is 61.8. The third kappa shape index (κ3) is 5.58. The van der Waals surface area contributed by atoms with Crippen LogP contribution in [0.4, 0.5) is 0 Å². The minimum Gasteiger partial charge on any atom is -0.467 e. The highest BCUT2D eigenvalue weighted by Crippen LogP contribution is 2.34. The van der Waals surface area contributed by atoms with E-state index in [1.54, 1.807) is 14.2 Å². The maximum atomic E-state index is 12.6. The van der Waals surface area contributed by atoms with Crippen molar-refractivity contribution in [3.8, 4) is 0 Å². The molecule has 5 unspecified atom stereocenters. The molecule has 0 aromatic carbocycles. The van der Waals surface area contributed by atoms with Crippen molar-refractivity contribution in [3.63, 3.8) is 0 Å². The summed E-state index contributed by atoms with van der Waals surface area (Å²) in [5.41, 5.74) is 0. The molecule has 0 aromatic rings. The number of rotatable bonds is 11. The van der Waals surface area contributed by atoms with E-state index in [4.69, 9.17) is 52.1 Å². The summed E-state index contributed by atoms with van der Waals surface area (Å²) in [6, 6.07) is 0. The van der Waals surface area contributed by atoms with E-state index in [1.165, 1.54) is 42.7 Å². The third-order valence-corrected chi connectivity index (χ3v) is 5.73. The Morgan fingerprint density at radius 2 is 1.16 bits per heavy atom. The zero-order valence-electron chi connectivity index (χ0n) is 19.9. The molecule has 0 aromatic heterocycles. The summed E-state index contributed by atoms with van der Waals surface area (Å²) in [5.74, 6) is -0.662. The standard InChI is InChI=1S/C20H36O12/c1-22-9-10-11(23-2)12(24-3)17(27-6)20(30-10)31-14-13(25-4)16(26-5)19(29-8)32-15(14)18(21)28-7/h10-17,19-20H,9H2,1-8H3/t10-,11+,12-,13?,14?,15?,16?,17-,19?,20-/m0/s1. The molecule has 2 heterocycles. The second kappa shape index (κ2) is 13.1. The van der Waals surface area contributed by atoms with Gasteiger partial charge in [-0.15, -0.1) is 0 Å². The fourth-order valence-electron chi connectivity index (χ4n) is 4.21. The number of hydrogen-bond donors (Lipinski definition) is 0. The lowest BCUT2D eigenvalue weighted by Crippen LogP contribution is -2.66. The van der Waals surface area contributed by atoms with Crippen molar-refractivity contribution in [1.29, 1.82) is 0 Å². The monoisotopic (exact) mass is 468 g/mol. The lowest BCUT2D eigenvalue weighted by molar-refractivity contribution is -0.360. The molecule has 12 heteroatoms. The van der Waals surface area contributed by atoms with Gasteiger partial charge in [-0.25, -0.2) is 4.79 Å². The summed E-state index contributed by atoms with van der Waals surface area (Å²) in [5, 5.41) is 0. The lowest BCUT2D eigenvalue weighted by atomic mass is 9.96. The summed E-state index contributed by atoms with van der Waals surface area (Å²) in [4.78, 5) is 12.6. The maximum absolute atomic E-state index is 12.6. The van der Waals surface area contributed by atoms with Crippen LogP contribution >= 0.6 is 0 Å². The van der Waals surface area contributed by atoms with Gasteiger partial charge in [-0.3, -0.25) is 0 Å². The Morgan fingerprint density at radius 3 is 1.62 bits per heavy atom. The highest BCUT2D eigenvalue weighted by molar-refractivity contribution is 5.75. The minimum absolute atomic E-state index is 0.219. The summed E-state index contributed by atoms with van der Waals surface area (Å²) in [6.45, 7) is 0.219. The van der Waals surface area contributed by atoms with Gasteiger partial charge >= 0.3 is 5.97 Å². The van der Waals surface area contributed by atoms with Crippen LogP contribution in [0.2, 0.25) is 0 Å². The SMILES string of the molecule is COC[C@@H]1O[C@@H](OC2C(C(=O)OC)OC(OC)C(OC)C2OC)[C@@H](OC)[C@@H](OC)[C@@H]1OC. The molecule has 0 saturated carbocycles. The van der Waals surface area contributed by atoms with Gasteiger partial charge in [-0.05, 0) is 0 Å². The third-order valence-electron chi connectivity index (χ3n) is 5.73. The predicted molar refractivity (Wildman–Crippen MR) is 107 cm³/mol. The zero-order chi connectivity index (χ0) is 23.8. The van der Waals surface area contributed by atoms with Gasteiger partial charge in [0.05, 0.1) is 13.7 Å². The van der Waals surface area contributed by atoms with Crippen LogP contribution in [0.1, 0.15) is 0 Å². The van der Waals surface area contributed by atoms with E-state index in [1.807, 2.05) is 0 Å². The second-order valence-electron chi connectivity index (χ2n) is 7.28. The largest absolute Gasteiger partial charge is 0.467 e. The molecular formula is C20H36O12. The van der Waals surface area contributed by atoms with Crippen molar-refractivity contribution >= 4 is 5.97 Å². The molecule has 12 nitrogen and oxygen atoms in total. The molecule has 2 saturated heterocycles. The van der Waals surface area contributed by atoms with E-state index in [0.717, 1.165) is 0 Å². The van der Waals surface area contributed by atoms with E-state index in [-0.39, 0.29) is 6.61 Å². The average Bonchev–Trinajstić information content (AvgIpc) is 2.82. The molecule has 0 N–H and O–H groups in total. The predicted octanol–water partition coefficient (Wildman–Crippen LogP) is -0.638. The smallest absolute Gasteiger partial charge is 0.337 e.